The van der Waals surface area contributed by atoms with E-state index in [0.29, 0.717) is 26.4 Å². The molecule has 0 spiro atoms. The van der Waals surface area contributed by atoms with E-state index in [9.17, 15) is 4.79 Å². The number of nitrogens with one attached hydrogen (secondary N) is 1. The summed E-state index contributed by atoms with van der Waals surface area (Å²) in [6, 6.07) is 6.79. The van der Waals surface area contributed by atoms with Crippen molar-refractivity contribution in [3.05, 3.63) is 42.0 Å². The number of nitrogens with two attached hydrogens (primary N) is 1. The number of anilines is 1. The number of para-hydroxylation sites is 1. The molecule has 0 amide bonds. The zero-order valence-corrected chi connectivity index (χ0v) is 16.7. The van der Waals surface area contributed by atoms with Gasteiger partial charge in [0.15, 0.2) is 0 Å². The van der Waals surface area contributed by atoms with E-state index < -0.39 is 12.0 Å². The van der Waals surface area contributed by atoms with Gasteiger partial charge < -0.3 is 20.5 Å². The number of nitrogens with zero attached hydrogens (tertiary/aromatic N) is 1. The minimum atomic E-state index is -0.815. The molecule has 2 rings (SSSR count). The summed E-state index contributed by atoms with van der Waals surface area (Å²) in [5.74, 6) is -0.408. The summed E-state index contributed by atoms with van der Waals surface area (Å²) >= 11 is 0. The molecule has 1 aliphatic rings. The van der Waals surface area contributed by atoms with Crippen LogP contribution < -0.4 is 11.1 Å². The second-order valence-electron chi connectivity index (χ2n) is 7.35. The van der Waals surface area contributed by atoms with E-state index in [0.717, 1.165) is 30.8 Å². The second-order valence-corrected chi connectivity index (χ2v) is 7.35. The largest absolute Gasteiger partial charge is 0.462 e. The van der Waals surface area contributed by atoms with Crippen LogP contribution in [0.4, 0.5) is 5.69 Å². The van der Waals surface area contributed by atoms with Crippen molar-refractivity contribution in [3.63, 3.8) is 0 Å². The summed E-state index contributed by atoms with van der Waals surface area (Å²) in [5.41, 5.74) is 7.57. The van der Waals surface area contributed by atoms with Gasteiger partial charge in [0.05, 0.1) is 13.2 Å². The molecule has 0 radical (unpaired) electrons. The van der Waals surface area contributed by atoms with Crippen molar-refractivity contribution in [2.45, 2.75) is 38.8 Å². The summed E-state index contributed by atoms with van der Waals surface area (Å²) in [4.78, 5) is 14.9. The highest BCUT2D eigenvalue weighted by molar-refractivity contribution is 5.80. The molecule has 0 saturated carbocycles. The predicted molar refractivity (Wildman–Crippen MR) is 109 cm³/mol. The van der Waals surface area contributed by atoms with E-state index in [2.05, 4.69) is 43.1 Å². The maximum atomic E-state index is 12.6. The SMILES string of the molecule is CC/C=C/CNc1ccccc1C(N)C(=O)OCC(C)(C)N1CCOCC1. The first-order chi connectivity index (χ1) is 13.0. The molecule has 150 valence electrons. The molecule has 0 aromatic heterocycles. The first kappa shape index (κ1) is 21.4. The van der Waals surface area contributed by atoms with Gasteiger partial charge in [-0.2, -0.15) is 0 Å². The van der Waals surface area contributed by atoms with Crippen LogP contribution in [0.25, 0.3) is 0 Å². The van der Waals surface area contributed by atoms with Crippen LogP contribution in [0.2, 0.25) is 0 Å². The normalized spacial score (nSPS) is 17.0. The van der Waals surface area contributed by atoms with Crippen LogP contribution in [-0.4, -0.2) is 55.9 Å². The van der Waals surface area contributed by atoms with Gasteiger partial charge in [0, 0.05) is 36.4 Å². The molecule has 6 heteroatoms. The van der Waals surface area contributed by atoms with Crippen LogP contribution in [0.5, 0.6) is 0 Å². The quantitative estimate of drug-likeness (QED) is 0.510. The molecule has 1 heterocycles. The zero-order chi connectivity index (χ0) is 19.7. The first-order valence-corrected chi connectivity index (χ1v) is 9.68. The Kier molecular flexibility index (Phi) is 8.28. The molecule has 6 nitrogen and oxygen atoms in total. The van der Waals surface area contributed by atoms with Gasteiger partial charge in [-0.1, -0.05) is 37.3 Å². The van der Waals surface area contributed by atoms with Crippen LogP contribution in [0.3, 0.4) is 0 Å². The Labute approximate surface area is 162 Å². The van der Waals surface area contributed by atoms with Gasteiger partial charge in [0.25, 0.3) is 0 Å². The zero-order valence-electron chi connectivity index (χ0n) is 16.7. The topological polar surface area (TPSA) is 76.8 Å². The smallest absolute Gasteiger partial charge is 0.327 e. The summed E-state index contributed by atoms with van der Waals surface area (Å²) in [7, 11) is 0. The van der Waals surface area contributed by atoms with Crippen molar-refractivity contribution in [1.82, 2.24) is 4.90 Å². The van der Waals surface area contributed by atoms with Gasteiger partial charge in [-0.05, 0) is 26.3 Å². The minimum Gasteiger partial charge on any atom is -0.462 e. The predicted octanol–water partition coefficient (Wildman–Crippen LogP) is 2.72. The number of ether oxygens (including phenoxy) is 2. The van der Waals surface area contributed by atoms with Crippen LogP contribution in [-0.2, 0) is 14.3 Å². The van der Waals surface area contributed by atoms with Crippen LogP contribution >= 0.6 is 0 Å². The van der Waals surface area contributed by atoms with Crippen LogP contribution in [0.1, 0.15) is 38.8 Å². The molecule has 1 unspecified atom stereocenters. The molecule has 1 aromatic rings. The Bertz CT molecular complexity index is 625. The van der Waals surface area contributed by atoms with E-state index in [1.54, 1.807) is 0 Å². The fourth-order valence-corrected chi connectivity index (χ4v) is 3.07. The lowest BCUT2D eigenvalue weighted by Crippen LogP contribution is -2.52. The highest BCUT2D eigenvalue weighted by Gasteiger charge is 2.31. The highest BCUT2D eigenvalue weighted by Crippen LogP contribution is 2.23. The molecular formula is C21H33N3O3. The average molecular weight is 376 g/mol. The lowest BCUT2D eigenvalue weighted by atomic mass is 10.0. The number of carbonyl (C=O) groups excluding carboxylic acids is 1. The van der Waals surface area contributed by atoms with Crippen molar-refractivity contribution in [1.29, 1.82) is 0 Å². The molecule has 1 aromatic carbocycles. The van der Waals surface area contributed by atoms with Gasteiger partial charge in [-0.15, -0.1) is 0 Å². The number of esters is 1. The average Bonchev–Trinajstić information content (AvgIpc) is 2.70. The third-order valence-corrected chi connectivity index (χ3v) is 4.80. The number of rotatable bonds is 9. The molecule has 0 bridgehead atoms. The van der Waals surface area contributed by atoms with Crippen molar-refractivity contribution < 1.29 is 14.3 Å². The van der Waals surface area contributed by atoms with Crippen molar-refractivity contribution in [2.24, 2.45) is 5.73 Å². The molecule has 27 heavy (non-hydrogen) atoms. The van der Waals surface area contributed by atoms with Gasteiger partial charge in [-0.3, -0.25) is 4.90 Å². The Morgan fingerprint density at radius 3 is 2.74 bits per heavy atom. The minimum absolute atomic E-state index is 0.248. The van der Waals surface area contributed by atoms with E-state index in [1.807, 2.05) is 24.3 Å². The summed E-state index contributed by atoms with van der Waals surface area (Å²) in [6.07, 6.45) is 5.15. The third kappa shape index (κ3) is 6.34. The number of hydrogen-bond acceptors (Lipinski definition) is 6. The summed E-state index contributed by atoms with van der Waals surface area (Å²) < 4.78 is 11.0. The van der Waals surface area contributed by atoms with Gasteiger partial charge >= 0.3 is 5.97 Å². The van der Waals surface area contributed by atoms with E-state index in [-0.39, 0.29) is 5.54 Å². The third-order valence-electron chi connectivity index (χ3n) is 4.80. The molecule has 0 aliphatic carbocycles. The highest BCUT2D eigenvalue weighted by atomic mass is 16.5. The Balaban J connectivity index is 1.95. The molecule has 1 saturated heterocycles. The first-order valence-electron chi connectivity index (χ1n) is 9.68. The maximum absolute atomic E-state index is 12.6. The number of carbonyl (C=O) groups is 1. The van der Waals surface area contributed by atoms with Crippen molar-refractivity contribution in [3.8, 4) is 0 Å². The van der Waals surface area contributed by atoms with Crippen molar-refractivity contribution >= 4 is 11.7 Å². The molecule has 1 aliphatic heterocycles. The number of morpholine rings is 1. The summed E-state index contributed by atoms with van der Waals surface area (Å²) in [6.45, 7) is 10.3. The fourth-order valence-electron chi connectivity index (χ4n) is 3.07. The summed E-state index contributed by atoms with van der Waals surface area (Å²) in [5, 5.41) is 3.31. The monoisotopic (exact) mass is 375 g/mol. The molecule has 1 fully saturated rings. The van der Waals surface area contributed by atoms with Gasteiger partial charge in [-0.25, -0.2) is 4.79 Å². The van der Waals surface area contributed by atoms with Crippen LogP contribution in [0, 0.1) is 0 Å². The lowest BCUT2D eigenvalue weighted by molar-refractivity contribution is -0.150. The van der Waals surface area contributed by atoms with E-state index in [1.165, 1.54) is 0 Å². The maximum Gasteiger partial charge on any atom is 0.327 e. The molecular weight excluding hydrogens is 342 g/mol. The lowest BCUT2D eigenvalue weighted by Gasteiger charge is -2.40. The van der Waals surface area contributed by atoms with Gasteiger partial charge in [0.2, 0.25) is 0 Å². The molecule has 1 atom stereocenters. The number of allylic oxidation sites excluding steroid dienone is 1. The van der Waals surface area contributed by atoms with Crippen molar-refractivity contribution in [2.75, 3.05) is 44.8 Å². The van der Waals surface area contributed by atoms with E-state index in [4.69, 9.17) is 15.2 Å². The Morgan fingerprint density at radius 2 is 2.04 bits per heavy atom. The van der Waals surface area contributed by atoms with Gasteiger partial charge in [0.1, 0.15) is 12.6 Å². The molecule has 3 N–H and O–H groups in total. The fraction of sp³-hybridized carbons (Fsp3) is 0.571. The van der Waals surface area contributed by atoms with Crippen LogP contribution in [0.15, 0.2) is 36.4 Å². The second kappa shape index (κ2) is 10.4. The Hall–Kier alpha value is -1.89. The number of benzene rings is 1. The number of hydrogen-bond donors (Lipinski definition) is 2. The Morgan fingerprint density at radius 1 is 1.33 bits per heavy atom. The van der Waals surface area contributed by atoms with E-state index >= 15 is 0 Å². The standard InChI is InChI=1S/C21H33N3O3/c1-4-5-8-11-23-18-10-7-6-9-17(18)19(22)20(25)27-16-21(2,3)24-12-14-26-15-13-24/h5-10,19,23H,4,11-16,22H2,1-3H3/b8-5+.